The van der Waals surface area contributed by atoms with Crippen molar-refractivity contribution >= 4 is 38.9 Å². The van der Waals surface area contributed by atoms with E-state index >= 15 is 0 Å². The average Bonchev–Trinajstić information content (AvgIpc) is 2.72. The summed E-state index contributed by atoms with van der Waals surface area (Å²) in [5.41, 5.74) is 1.72. The number of benzene rings is 3. The summed E-state index contributed by atoms with van der Waals surface area (Å²) in [6.07, 6.45) is 0. The fourth-order valence-electron chi connectivity index (χ4n) is 2.82. The van der Waals surface area contributed by atoms with Gasteiger partial charge in [0.25, 0.3) is 10.0 Å². The number of nitrogens with zero attached hydrogens (tertiary/aromatic N) is 1. The molecule has 0 aliphatic heterocycles. The number of halogens is 1. The van der Waals surface area contributed by atoms with Gasteiger partial charge in [0.05, 0.1) is 17.7 Å². The molecular formula is C22H21ClN2O4S. The molecule has 0 radical (unpaired) electrons. The Bertz CT molecular complexity index is 1150. The van der Waals surface area contributed by atoms with Crippen LogP contribution >= 0.6 is 11.6 Å². The Kier molecular flexibility index (Phi) is 6.64. The lowest BCUT2D eigenvalue weighted by Gasteiger charge is -2.24. The van der Waals surface area contributed by atoms with E-state index in [1.807, 2.05) is 6.92 Å². The van der Waals surface area contributed by atoms with E-state index < -0.39 is 22.5 Å². The van der Waals surface area contributed by atoms with Crippen LogP contribution in [0.2, 0.25) is 5.02 Å². The van der Waals surface area contributed by atoms with Crippen molar-refractivity contribution in [2.24, 2.45) is 0 Å². The normalized spacial score (nSPS) is 11.0. The maximum absolute atomic E-state index is 13.4. The van der Waals surface area contributed by atoms with Crippen molar-refractivity contribution in [1.29, 1.82) is 0 Å². The Morgan fingerprint density at radius 3 is 2.40 bits per heavy atom. The van der Waals surface area contributed by atoms with Crippen molar-refractivity contribution < 1.29 is 17.9 Å². The van der Waals surface area contributed by atoms with Gasteiger partial charge in [0.15, 0.2) is 0 Å². The van der Waals surface area contributed by atoms with Gasteiger partial charge in [-0.1, -0.05) is 41.4 Å². The summed E-state index contributed by atoms with van der Waals surface area (Å²) in [6, 6.07) is 19.7. The summed E-state index contributed by atoms with van der Waals surface area (Å²) < 4.78 is 33.0. The van der Waals surface area contributed by atoms with Gasteiger partial charge >= 0.3 is 0 Å². The first kappa shape index (κ1) is 21.7. The molecule has 0 aliphatic rings. The third-order valence-electron chi connectivity index (χ3n) is 4.35. The molecule has 0 aliphatic carbocycles. The van der Waals surface area contributed by atoms with Crippen molar-refractivity contribution in [3.8, 4) is 5.75 Å². The highest BCUT2D eigenvalue weighted by Crippen LogP contribution is 2.27. The topological polar surface area (TPSA) is 75.7 Å². The first-order valence-corrected chi connectivity index (χ1v) is 10.9. The van der Waals surface area contributed by atoms with E-state index in [-0.39, 0.29) is 4.90 Å². The second-order valence-corrected chi connectivity index (χ2v) is 8.88. The average molecular weight is 445 g/mol. The van der Waals surface area contributed by atoms with E-state index in [9.17, 15) is 13.2 Å². The van der Waals surface area contributed by atoms with Crippen LogP contribution in [0.5, 0.6) is 5.75 Å². The summed E-state index contributed by atoms with van der Waals surface area (Å²) in [6.45, 7) is 1.45. The highest BCUT2D eigenvalue weighted by Gasteiger charge is 2.27. The second kappa shape index (κ2) is 9.19. The van der Waals surface area contributed by atoms with Gasteiger partial charge < -0.3 is 10.1 Å². The number of rotatable bonds is 7. The molecule has 3 aromatic carbocycles. The van der Waals surface area contributed by atoms with Crippen molar-refractivity contribution in [3.05, 3.63) is 83.4 Å². The van der Waals surface area contributed by atoms with Crippen LogP contribution in [-0.4, -0.2) is 28.0 Å². The third kappa shape index (κ3) is 5.11. The molecule has 0 spiro atoms. The lowest BCUT2D eigenvalue weighted by Crippen LogP contribution is -2.38. The molecule has 0 aromatic heterocycles. The van der Waals surface area contributed by atoms with E-state index in [1.54, 1.807) is 60.7 Å². The Hall–Kier alpha value is -3.03. The first-order valence-electron chi connectivity index (χ1n) is 9.08. The maximum atomic E-state index is 13.4. The van der Waals surface area contributed by atoms with Crippen molar-refractivity contribution in [2.45, 2.75) is 11.8 Å². The van der Waals surface area contributed by atoms with E-state index in [4.69, 9.17) is 16.3 Å². The van der Waals surface area contributed by atoms with Crippen LogP contribution in [0.15, 0.2) is 77.7 Å². The number of hydrogen-bond acceptors (Lipinski definition) is 4. The number of ether oxygens (including phenoxy) is 1. The summed E-state index contributed by atoms with van der Waals surface area (Å²) >= 11 is 5.96. The minimum absolute atomic E-state index is 0.0893. The summed E-state index contributed by atoms with van der Waals surface area (Å²) in [5.74, 6) is -0.0253. The summed E-state index contributed by atoms with van der Waals surface area (Å²) in [4.78, 5) is 12.8. The van der Waals surface area contributed by atoms with E-state index in [2.05, 4.69) is 5.32 Å². The molecule has 0 heterocycles. The van der Waals surface area contributed by atoms with Gasteiger partial charge in [-0.2, -0.15) is 0 Å². The number of carbonyl (C=O) groups is 1. The monoisotopic (exact) mass is 444 g/mol. The highest BCUT2D eigenvalue weighted by atomic mass is 35.5. The van der Waals surface area contributed by atoms with Gasteiger partial charge in [-0.15, -0.1) is 0 Å². The van der Waals surface area contributed by atoms with Crippen LogP contribution in [0, 0.1) is 6.92 Å². The molecule has 0 saturated heterocycles. The third-order valence-corrected chi connectivity index (χ3v) is 6.37. The maximum Gasteiger partial charge on any atom is 0.264 e. The molecule has 0 saturated carbocycles. The summed E-state index contributed by atoms with van der Waals surface area (Å²) in [5, 5.41) is 3.15. The Morgan fingerprint density at radius 1 is 1.03 bits per heavy atom. The van der Waals surface area contributed by atoms with Crippen LogP contribution in [0.3, 0.4) is 0 Å². The molecule has 6 nitrogen and oxygen atoms in total. The van der Waals surface area contributed by atoms with E-state index in [0.29, 0.717) is 22.1 Å². The fraction of sp³-hybridized carbons (Fsp3) is 0.136. The first-order chi connectivity index (χ1) is 14.3. The predicted molar refractivity (Wildman–Crippen MR) is 119 cm³/mol. The van der Waals surface area contributed by atoms with Gasteiger partial charge in [-0.25, -0.2) is 8.42 Å². The number of amides is 1. The van der Waals surface area contributed by atoms with Crippen LogP contribution in [-0.2, 0) is 14.8 Å². The van der Waals surface area contributed by atoms with Crippen LogP contribution in [0.4, 0.5) is 11.4 Å². The van der Waals surface area contributed by atoms with Gasteiger partial charge in [-0.3, -0.25) is 9.10 Å². The molecule has 1 amide bonds. The molecule has 156 valence electrons. The fourth-order valence-corrected chi connectivity index (χ4v) is 4.42. The Balaban J connectivity index is 1.96. The zero-order valence-electron chi connectivity index (χ0n) is 16.5. The number of hydrogen-bond donors (Lipinski definition) is 1. The highest BCUT2D eigenvalue weighted by molar-refractivity contribution is 7.92. The van der Waals surface area contributed by atoms with Crippen LogP contribution in [0.1, 0.15) is 5.56 Å². The molecule has 3 aromatic rings. The molecule has 0 atom stereocenters. The molecular weight excluding hydrogens is 424 g/mol. The predicted octanol–water partition coefficient (Wildman–Crippen LogP) is 4.49. The molecule has 3 rings (SSSR count). The smallest absolute Gasteiger partial charge is 0.264 e. The van der Waals surface area contributed by atoms with Gasteiger partial charge in [-0.05, 0) is 49.4 Å². The lowest BCUT2D eigenvalue weighted by atomic mass is 10.2. The quantitative estimate of drug-likeness (QED) is 0.582. The zero-order chi connectivity index (χ0) is 21.7. The second-order valence-electron chi connectivity index (χ2n) is 6.58. The van der Waals surface area contributed by atoms with Crippen molar-refractivity contribution in [1.82, 2.24) is 0 Å². The van der Waals surface area contributed by atoms with E-state index in [1.165, 1.54) is 19.2 Å². The van der Waals surface area contributed by atoms with Crippen LogP contribution in [0.25, 0.3) is 0 Å². The number of anilines is 2. The Labute approximate surface area is 181 Å². The molecule has 8 heteroatoms. The van der Waals surface area contributed by atoms with Crippen molar-refractivity contribution in [3.63, 3.8) is 0 Å². The summed E-state index contributed by atoms with van der Waals surface area (Å²) in [7, 11) is -2.51. The van der Waals surface area contributed by atoms with Crippen LogP contribution < -0.4 is 14.4 Å². The van der Waals surface area contributed by atoms with Gasteiger partial charge in [0.1, 0.15) is 12.3 Å². The number of sulfonamides is 1. The zero-order valence-corrected chi connectivity index (χ0v) is 18.1. The van der Waals surface area contributed by atoms with E-state index in [0.717, 1.165) is 9.87 Å². The number of carbonyl (C=O) groups excluding carboxylic acids is 1. The molecule has 30 heavy (non-hydrogen) atoms. The lowest BCUT2D eigenvalue weighted by molar-refractivity contribution is -0.114. The molecule has 0 bridgehead atoms. The number of nitrogens with one attached hydrogen (secondary N) is 1. The molecule has 0 unspecified atom stereocenters. The largest absolute Gasteiger partial charge is 0.497 e. The SMILES string of the molecule is COc1cccc(N(CC(=O)Nc2cccc(Cl)c2)S(=O)(=O)c2ccc(C)cc2)c1. The minimum Gasteiger partial charge on any atom is -0.497 e. The van der Waals surface area contributed by atoms with Gasteiger partial charge in [0, 0.05) is 16.8 Å². The standard InChI is InChI=1S/C22H21ClN2O4S/c1-16-9-11-21(12-10-16)30(27,28)25(19-7-4-8-20(14-19)29-2)15-22(26)24-18-6-3-5-17(23)13-18/h3-14H,15H2,1-2H3,(H,24,26). The number of methoxy groups -OCH3 is 1. The Morgan fingerprint density at radius 2 is 1.73 bits per heavy atom. The van der Waals surface area contributed by atoms with Crippen molar-refractivity contribution in [2.75, 3.05) is 23.3 Å². The molecule has 1 N–H and O–H groups in total. The minimum atomic E-state index is -4.00. The van der Waals surface area contributed by atoms with Gasteiger partial charge in [0.2, 0.25) is 5.91 Å². The molecule has 0 fully saturated rings. The number of aryl methyl sites for hydroxylation is 1.